The Labute approximate surface area is 248 Å². The van der Waals surface area contributed by atoms with Crippen molar-refractivity contribution < 1.29 is 14.3 Å². The Bertz CT molecular complexity index is 1380. The van der Waals surface area contributed by atoms with Gasteiger partial charge in [0.05, 0.1) is 12.2 Å². The molecule has 1 saturated heterocycles. The monoisotopic (exact) mass is 562 g/mol. The van der Waals surface area contributed by atoms with Crippen molar-refractivity contribution >= 4 is 12.0 Å². The van der Waals surface area contributed by atoms with Gasteiger partial charge in [-0.05, 0) is 61.8 Å². The van der Waals surface area contributed by atoms with Gasteiger partial charge in [0.15, 0.2) is 0 Å². The summed E-state index contributed by atoms with van der Waals surface area (Å²) in [6.45, 7) is 1.15. The fourth-order valence-corrected chi connectivity index (χ4v) is 5.83. The summed E-state index contributed by atoms with van der Waals surface area (Å²) < 4.78 is 5.67. The highest BCUT2D eigenvalue weighted by Gasteiger charge is 2.41. The molecular weight excluding hydrogens is 524 g/mol. The maximum absolute atomic E-state index is 13.3. The number of carbonyl (C=O) groups is 2. The Morgan fingerprint density at radius 3 is 1.88 bits per heavy atom. The summed E-state index contributed by atoms with van der Waals surface area (Å²) in [5, 5.41) is 6.33. The second-order valence-electron chi connectivity index (χ2n) is 10.9. The molecule has 42 heavy (non-hydrogen) atoms. The second-order valence-corrected chi connectivity index (χ2v) is 10.9. The van der Waals surface area contributed by atoms with Crippen LogP contribution in [0, 0.1) is 5.92 Å². The molecule has 5 rings (SSSR count). The molecular formula is C35H38N4O3. The Kier molecular flexibility index (Phi) is 9.64. The normalized spacial score (nSPS) is 18.9. The summed E-state index contributed by atoms with van der Waals surface area (Å²) in [7, 11) is 4.15. The van der Waals surface area contributed by atoms with Gasteiger partial charge in [-0.15, -0.1) is 0 Å². The number of carbonyl (C=O) groups excluding carboxylic acids is 2. The Morgan fingerprint density at radius 1 is 0.810 bits per heavy atom. The van der Waals surface area contributed by atoms with Crippen molar-refractivity contribution in [2.75, 3.05) is 27.2 Å². The van der Waals surface area contributed by atoms with Crippen molar-refractivity contribution in [1.82, 2.24) is 20.4 Å². The number of amides is 2. The van der Waals surface area contributed by atoms with Crippen molar-refractivity contribution in [2.24, 2.45) is 5.92 Å². The molecule has 2 N–H and O–H groups in total. The number of rotatable bonds is 9. The highest BCUT2D eigenvalue weighted by atomic mass is 16.6. The van der Waals surface area contributed by atoms with E-state index in [0.29, 0.717) is 30.8 Å². The molecule has 0 radical (unpaired) electrons. The summed E-state index contributed by atoms with van der Waals surface area (Å²) >= 11 is 0. The predicted molar refractivity (Wildman–Crippen MR) is 165 cm³/mol. The van der Waals surface area contributed by atoms with Crippen LogP contribution < -0.4 is 15.4 Å². The quantitative estimate of drug-likeness (QED) is 0.279. The molecule has 1 aliphatic rings. The molecule has 0 spiro atoms. The van der Waals surface area contributed by atoms with Crippen molar-refractivity contribution in [3.05, 3.63) is 138 Å². The lowest BCUT2D eigenvalue weighted by atomic mass is 9.85. The third-order valence-electron chi connectivity index (χ3n) is 7.89. The van der Waals surface area contributed by atoms with E-state index < -0.39 is 6.09 Å². The van der Waals surface area contributed by atoms with Gasteiger partial charge in [0.25, 0.3) is 5.91 Å². The first-order valence-corrected chi connectivity index (χ1v) is 14.4. The Balaban J connectivity index is 1.45. The van der Waals surface area contributed by atoms with Gasteiger partial charge in [-0.25, -0.2) is 4.79 Å². The second kappa shape index (κ2) is 13.9. The molecule has 0 aromatic heterocycles. The molecule has 0 bridgehead atoms. The van der Waals surface area contributed by atoms with Crippen molar-refractivity contribution in [1.29, 1.82) is 0 Å². The van der Waals surface area contributed by atoms with Crippen LogP contribution in [0.2, 0.25) is 0 Å². The Morgan fingerprint density at radius 2 is 1.33 bits per heavy atom. The molecule has 1 heterocycles. The minimum Gasteiger partial charge on any atom is -0.410 e. The van der Waals surface area contributed by atoms with Crippen LogP contribution in [-0.2, 0) is 0 Å². The van der Waals surface area contributed by atoms with E-state index in [4.69, 9.17) is 4.74 Å². The van der Waals surface area contributed by atoms with Crippen LogP contribution >= 0.6 is 0 Å². The van der Waals surface area contributed by atoms with Gasteiger partial charge in [0, 0.05) is 24.7 Å². The molecule has 0 aliphatic carbocycles. The fourth-order valence-electron chi connectivity index (χ4n) is 5.83. The lowest BCUT2D eigenvalue weighted by Crippen LogP contribution is -2.62. The van der Waals surface area contributed by atoms with Crippen molar-refractivity contribution in [3.8, 4) is 5.75 Å². The van der Waals surface area contributed by atoms with Gasteiger partial charge in [0.1, 0.15) is 5.75 Å². The average molecular weight is 563 g/mol. The number of hydrogen-bond donors (Lipinski definition) is 2. The number of piperidine rings is 1. The van der Waals surface area contributed by atoms with Crippen LogP contribution in [0.4, 0.5) is 4.79 Å². The highest BCUT2D eigenvalue weighted by Crippen LogP contribution is 2.36. The van der Waals surface area contributed by atoms with Crippen LogP contribution in [0.15, 0.2) is 121 Å². The van der Waals surface area contributed by atoms with E-state index in [0.717, 1.165) is 11.1 Å². The Hall–Kier alpha value is -4.46. The summed E-state index contributed by atoms with van der Waals surface area (Å²) in [4.78, 5) is 30.8. The molecule has 3 unspecified atom stereocenters. The van der Waals surface area contributed by atoms with Gasteiger partial charge >= 0.3 is 6.09 Å². The summed E-state index contributed by atoms with van der Waals surface area (Å²) in [6.07, 6.45) is -0.231. The smallest absolute Gasteiger partial charge is 0.410 e. The van der Waals surface area contributed by atoms with E-state index in [2.05, 4.69) is 58.8 Å². The largest absolute Gasteiger partial charge is 0.413 e. The molecule has 2 amide bonds. The van der Waals surface area contributed by atoms with E-state index >= 15 is 0 Å². The molecule has 216 valence electrons. The number of likely N-dealkylation sites (N-methyl/N-ethyl adjacent to an activating group) is 1. The number of nitrogens with one attached hydrogen (secondary N) is 2. The first kappa shape index (κ1) is 29.0. The van der Waals surface area contributed by atoms with Crippen molar-refractivity contribution in [3.63, 3.8) is 0 Å². The number of benzene rings is 4. The molecule has 7 nitrogen and oxygen atoms in total. The van der Waals surface area contributed by atoms with E-state index in [1.165, 1.54) is 0 Å². The van der Waals surface area contributed by atoms with E-state index in [1.807, 2.05) is 84.9 Å². The van der Waals surface area contributed by atoms with Gasteiger partial charge in [-0.2, -0.15) is 0 Å². The summed E-state index contributed by atoms with van der Waals surface area (Å²) in [5.74, 6) is 0.464. The van der Waals surface area contributed by atoms with Crippen LogP contribution in [0.1, 0.15) is 33.9 Å². The van der Waals surface area contributed by atoms with Gasteiger partial charge in [-0.3, -0.25) is 9.69 Å². The van der Waals surface area contributed by atoms with Gasteiger partial charge in [-0.1, -0.05) is 97.1 Å². The number of ether oxygens (including phenoxy) is 1. The average Bonchev–Trinajstić information content (AvgIpc) is 3.02. The van der Waals surface area contributed by atoms with Crippen LogP contribution in [0.25, 0.3) is 0 Å². The van der Waals surface area contributed by atoms with Crippen molar-refractivity contribution in [2.45, 2.75) is 24.7 Å². The fraction of sp³-hybridized carbons (Fsp3) is 0.257. The van der Waals surface area contributed by atoms with Crippen LogP contribution in [-0.4, -0.2) is 61.2 Å². The zero-order chi connectivity index (χ0) is 29.3. The summed E-state index contributed by atoms with van der Waals surface area (Å²) in [5.41, 5.74) is 2.91. The van der Waals surface area contributed by atoms with Gasteiger partial charge < -0.3 is 20.3 Å². The molecule has 1 fully saturated rings. The van der Waals surface area contributed by atoms with Crippen LogP contribution in [0.5, 0.6) is 5.75 Å². The van der Waals surface area contributed by atoms with E-state index in [-0.39, 0.29) is 30.1 Å². The van der Waals surface area contributed by atoms with E-state index in [1.54, 1.807) is 12.1 Å². The zero-order valence-electron chi connectivity index (χ0n) is 24.1. The summed E-state index contributed by atoms with van der Waals surface area (Å²) in [6, 6.07) is 39.1. The minimum atomic E-state index is -0.508. The topological polar surface area (TPSA) is 73.9 Å². The molecule has 3 atom stereocenters. The predicted octanol–water partition coefficient (Wildman–Crippen LogP) is 5.57. The SMILES string of the molecule is CN(C)C1CN(C(c2ccccc2)c2ccccc2)C(NC(=O)Oc2ccccc2)CC1CNC(=O)c1ccccc1. The zero-order valence-corrected chi connectivity index (χ0v) is 24.1. The number of hydrogen-bond acceptors (Lipinski definition) is 5. The molecule has 4 aromatic carbocycles. The first-order valence-electron chi connectivity index (χ1n) is 14.4. The highest BCUT2D eigenvalue weighted by molar-refractivity contribution is 5.94. The maximum Gasteiger partial charge on any atom is 0.413 e. The number of likely N-dealkylation sites (tertiary alicyclic amines) is 1. The van der Waals surface area contributed by atoms with Crippen LogP contribution in [0.3, 0.4) is 0 Å². The van der Waals surface area contributed by atoms with E-state index in [9.17, 15) is 9.59 Å². The third kappa shape index (κ3) is 7.24. The molecule has 4 aromatic rings. The molecule has 0 saturated carbocycles. The minimum absolute atomic E-state index is 0.0816. The lowest BCUT2D eigenvalue weighted by molar-refractivity contribution is 0.00784. The lowest BCUT2D eigenvalue weighted by Gasteiger charge is -2.49. The van der Waals surface area contributed by atoms with Gasteiger partial charge in [0.2, 0.25) is 0 Å². The third-order valence-corrected chi connectivity index (χ3v) is 7.89. The maximum atomic E-state index is 13.3. The molecule has 1 aliphatic heterocycles. The number of nitrogens with zero attached hydrogens (tertiary/aromatic N) is 2. The molecule has 7 heteroatoms. The standard InChI is InChI=1S/C35H38N4O3/c1-38(2)31-25-39(33(26-15-7-3-8-16-26)27-17-9-4-10-18-27)32(37-35(41)42-30-21-13-6-14-22-30)23-29(31)24-36-34(40)28-19-11-5-12-20-28/h3-22,29,31-33H,23-25H2,1-2H3,(H,36,40)(H,37,41). The number of para-hydroxylation sites is 1. The first-order chi connectivity index (χ1) is 20.5.